The molecule has 158 valence electrons. The molecule has 9 nitrogen and oxygen atoms in total. The third kappa shape index (κ3) is 6.21. The highest BCUT2D eigenvalue weighted by atomic mass is 16.5. The molecule has 0 atom stereocenters. The van der Waals surface area contributed by atoms with Gasteiger partial charge in [-0.15, -0.1) is 5.10 Å². The summed E-state index contributed by atoms with van der Waals surface area (Å²) in [4.78, 5) is 26.7. The van der Waals surface area contributed by atoms with E-state index in [1.165, 1.54) is 0 Å². The van der Waals surface area contributed by atoms with Crippen LogP contribution in [0.3, 0.4) is 0 Å². The van der Waals surface area contributed by atoms with Crippen LogP contribution in [0.4, 0.5) is 11.4 Å². The molecule has 0 radical (unpaired) electrons. The molecule has 1 aliphatic heterocycles. The van der Waals surface area contributed by atoms with Crippen LogP contribution in [-0.4, -0.2) is 57.8 Å². The molecule has 2 aromatic rings. The Hall–Kier alpha value is -3.59. The molecule has 1 aliphatic rings. The van der Waals surface area contributed by atoms with Crippen molar-refractivity contribution in [2.45, 2.75) is 0 Å². The Morgan fingerprint density at radius 3 is 2.43 bits per heavy atom. The maximum Gasteiger partial charge on any atom is 0.313 e. The largest absolute Gasteiger partial charge is 0.454 e. The topological polar surface area (TPSA) is 104 Å². The molecule has 3 rings (SSSR count). The van der Waals surface area contributed by atoms with Gasteiger partial charge in [-0.1, -0.05) is 18.2 Å². The van der Waals surface area contributed by atoms with E-state index in [1.807, 2.05) is 30.3 Å². The lowest BCUT2D eigenvalue weighted by molar-refractivity contribution is -0.118. The van der Waals surface area contributed by atoms with Gasteiger partial charge in [0.25, 0.3) is 11.8 Å². The molecule has 1 saturated heterocycles. The summed E-state index contributed by atoms with van der Waals surface area (Å²) in [6.07, 6.45) is 0. The molecule has 0 saturated carbocycles. The van der Waals surface area contributed by atoms with E-state index in [9.17, 15) is 9.59 Å². The summed E-state index contributed by atoms with van der Waals surface area (Å²) < 4.78 is 10.7. The minimum atomic E-state index is -0.385. The van der Waals surface area contributed by atoms with Crippen molar-refractivity contribution < 1.29 is 19.1 Å². The van der Waals surface area contributed by atoms with E-state index in [4.69, 9.17) is 9.47 Å². The Balaban J connectivity index is 1.49. The summed E-state index contributed by atoms with van der Waals surface area (Å²) >= 11 is 0. The van der Waals surface area contributed by atoms with Crippen molar-refractivity contribution in [1.82, 2.24) is 10.7 Å². The molecule has 0 unspecified atom stereocenters. The quantitative estimate of drug-likeness (QED) is 0.377. The van der Waals surface area contributed by atoms with Crippen LogP contribution in [0.5, 0.6) is 0 Å². The molecule has 3 N–H and O–H groups in total. The molecule has 1 fully saturated rings. The van der Waals surface area contributed by atoms with Crippen LogP contribution in [0.25, 0.3) is 0 Å². The third-order valence-electron chi connectivity index (χ3n) is 4.34. The summed E-state index contributed by atoms with van der Waals surface area (Å²) in [7, 11) is 1.56. The van der Waals surface area contributed by atoms with Crippen LogP contribution < -0.4 is 21.0 Å². The number of hydrogen-bond donors (Lipinski definition) is 3. The second kappa shape index (κ2) is 10.8. The Morgan fingerprint density at radius 1 is 1.07 bits per heavy atom. The summed E-state index contributed by atoms with van der Waals surface area (Å²) in [6.45, 7) is 2.82. The maximum absolute atomic E-state index is 12.2. The molecule has 0 aromatic heterocycles. The first-order valence-electron chi connectivity index (χ1n) is 9.62. The van der Waals surface area contributed by atoms with Gasteiger partial charge in [0.2, 0.25) is 0 Å². The first-order chi connectivity index (χ1) is 14.7. The number of rotatable bonds is 6. The molecule has 0 aliphatic carbocycles. The average Bonchev–Trinajstić information content (AvgIpc) is 2.79. The second-order valence-corrected chi connectivity index (χ2v) is 6.44. The minimum Gasteiger partial charge on any atom is -0.454 e. The zero-order valence-electron chi connectivity index (χ0n) is 16.8. The highest BCUT2D eigenvalue weighted by molar-refractivity contribution is 6.04. The number of nitrogens with zero attached hydrogens (tertiary/aromatic N) is 2. The average molecular weight is 411 g/mol. The van der Waals surface area contributed by atoms with Gasteiger partial charge in [0, 0.05) is 37.1 Å². The van der Waals surface area contributed by atoms with Crippen molar-refractivity contribution >= 4 is 29.2 Å². The number of hydrazone groups is 1. The van der Waals surface area contributed by atoms with Gasteiger partial charge in [0.15, 0.2) is 6.61 Å². The Bertz CT molecular complexity index is 865. The molecular weight excluding hydrogens is 386 g/mol. The summed E-state index contributed by atoms with van der Waals surface area (Å²) in [5.74, 6) is -0.754. The number of hydrogen-bond acceptors (Lipinski definition) is 7. The molecule has 9 heteroatoms. The second-order valence-electron chi connectivity index (χ2n) is 6.44. The number of benzene rings is 2. The van der Waals surface area contributed by atoms with Gasteiger partial charge in [-0.25, -0.2) is 0 Å². The summed E-state index contributed by atoms with van der Waals surface area (Å²) in [6, 6.07) is 16.1. The fraction of sp³-hybridized carbons (Fsp3) is 0.286. The Kier molecular flexibility index (Phi) is 7.62. The summed E-state index contributed by atoms with van der Waals surface area (Å²) in [5.41, 5.74) is 4.73. The first-order valence-corrected chi connectivity index (χ1v) is 9.62. The minimum absolute atomic E-state index is 0.0934. The van der Waals surface area contributed by atoms with Crippen LogP contribution >= 0.6 is 0 Å². The van der Waals surface area contributed by atoms with E-state index < -0.39 is 0 Å². The van der Waals surface area contributed by atoms with E-state index in [0.717, 1.165) is 18.8 Å². The van der Waals surface area contributed by atoms with Crippen LogP contribution in [0.2, 0.25) is 0 Å². The van der Waals surface area contributed by atoms with Gasteiger partial charge < -0.3 is 25.1 Å². The van der Waals surface area contributed by atoms with Crippen LogP contribution in [-0.2, 0) is 14.3 Å². The highest BCUT2D eigenvalue weighted by Gasteiger charge is 2.13. The van der Waals surface area contributed by atoms with Crippen LogP contribution in [0.15, 0.2) is 59.7 Å². The number of morpholine rings is 1. The van der Waals surface area contributed by atoms with Crippen molar-refractivity contribution in [3.8, 4) is 0 Å². The van der Waals surface area contributed by atoms with Gasteiger partial charge in [0.1, 0.15) is 0 Å². The third-order valence-corrected chi connectivity index (χ3v) is 4.34. The molecule has 0 spiro atoms. The predicted molar refractivity (Wildman–Crippen MR) is 114 cm³/mol. The number of carbonyl (C=O) groups is 2. The molecule has 2 amide bonds. The Labute approximate surface area is 175 Å². The van der Waals surface area contributed by atoms with E-state index >= 15 is 0 Å². The van der Waals surface area contributed by atoms with Gasteiger partial charge >= 0.3 is 6.02 Å². The van der Waals surface area contributed by atoms with Gasteiger partial charge in [-0.2, -0.15) is 0 Å². The number of nitrogens with one attached hydrogen (secondary N) is 3. The molecule has 1 heterocycles. The lowest BCUT2D eigenvalue weighted by atomic mass is 10.2. The van der Waals surface area contributed by atoms with Crippen molar-refractivity contribution in [2.24, 2.45) is 5.10 Å². The van der Waals surface area contributed by atoms with Crippen molar-refractivity contribution in [1.29, 1.82) is 0 Å². The van der Waals surface area contributed by atoms with Crippen molar-refractivity contribution in [2.75, 3.05) is 50.2 Å². The zero-order valence-corrected chi connectivity index (χ0v) is 16.8. The monoisotopic (exact) mass is 411 g/mol. The standard InChI is InChI=1S/C21H25N5O4/c1-22-25-21(24-20(28)16-5-3-2-4-6-16)30-15-19(27)23-17-7-9-18(10-8-17)26-11-13-29-14-12-26/h2-10,22H,11-15H2,1H3,(H,23,27)(H,24,25,28). The van der Waals surface area contributed by atoms with Crippen molar-refractivity contribution in [3.63, 3.8) is 0 Å². The Morgan fingerprint density at radius 2 is 1.77 bits per heavy atom. The first kappa shape index (κ1) is 21.1. The molecule has 0 bridgehead atoms. The van der Waals surface area contributed by atoms with Crippen molar-refractivity contribution in [3.05, 3.63) is 60.2 Å². The van der Waals surface area contributed by atoms with Crippen LogP contribution in [0, 0.1) is 0 Å². The zero-order chi connectivity index (χ0) is 21.2. The summed E-state index contributed by atoms with van der Waals surface area (Å²) in [5, 5.41) is 9.14. The lowest BCUT2D eigenvalue weighted by Gasteiger charge is -2.28. The molecular formula is C21H25N5O4. The fourth-order valence-electron chi connectivity index (χ4n) is 2.86. The number of carbonyl (C=O) groups excluding carboxylic acids is 2. The lowest BCUT2D eigenvalue weighted by Crippen LogP contribution is -2.36. The van der Waals surface area contributed by atoms with E-state index in [2.05, 4.69) is 26.1 Å². The number of anilines is 2. The van der Waals surface area contributed by atoms with E-state index in [-0.39, 0.29) is 24.4 Å². The SMILES string of the molecule is CN/N=C(/NC(=O)c1ccccc1)OCC(=O)Nc1ccc(N2CCOCC2)cc1. The fourth-order valence-corrected chi connectivity index (χ4v) is 2.86. The van der Waals surface area contributed by atoms with Gasteiger partial charge in [-0.3, -0.25) is 14.9 Å². The smallest absolute Gasteiger partial charge is 0.313 e. The van der Waals surface area contributed by atoms with Crippen LogP contribution in [0.1, 0.15) is 10.4 Å². The number of amides is 2. The predicted octanol–water partition coefficient (Wildman–Crippen LogP) is 1.40. The normalized spacial score (nSPS) is 14.0. The maximum atomic E-state index is 12.2. The highest BCUT2D eigenvalue weighted by Crippen LogP contribution is 2.18. The molecule has 30 heavy (non-hydrogen) atoms. The van der Waals surface area contributed by atoms with E-state index in [1.54, 1.807) is 31.3 Å². The molecule has 2 aromatic carbocycles. The number of ether oxygens (including phenoxy) is 2. The van der Waals surface area contributed by atoms with Gasteiger partial charge in [-0.05, 0) is 36.4 Å². The van der Waals surface area contributed by atoms with E-state index in [0.29, 0.717) is 24.5 Å². The number of amidine groups is 1. The van der Waals surface area contributed by atoms with Gasteiger partial charge in [0.05, 0.1) is 13.2 Å².